The van der Waals surface area contributed by atoms with Crippen molar-refractivity contribution in [3.05, 3.63) is 59.4 Å². The lowest BCUT2D eigenvalue weighted by Crippen LogP contribution is -2.16. The molecule has 0 heterocycles. The number of para-hydroxylation sites is 1. The standard InChI is InChI=1S/C20H26FNO3/c1-2-24-19-11-7-9-16(14-22-12-5-6-13-23)20(19)25-15-17-8-3-4-10-18(17)21/h3-4,7-11,22-23H,2,5-6,12-15H2,1H3. The molecule has 0 aliphatic heterocycles. The van der Waals surface area contributed by atoms with E-state index in [0.717, 1.165) is 24.9 Å². The van der Waals surface area contributed by atoms with Crippen molar-refractivity contribution in [1.82, 2.24) is 5.32 Å². The maximum atomic E-state index is 13.8. The lowest BCUT2D eigenvalue weighted by molar-refractivity contribution is 0.262. The molecule has 2 aromatic rings. The SMILES string of the molecule is CCOc1cccc(CNCCCCO)c1OCc1ccccc1F. The fraction of sp³-hybridized carbons (Fsp3) is 0.400. The third kappa shape index (κ3) is 6.03. The third-order valence-corrected chi connectivity index (χ3v) is 3.77. The van der Waals surface area contributed by atoms with Gasteiger partial charge >= 0.3 is 0 Å². The summed E-state index contributed by atoms with van der Waals surface area (Å²) in [5, 5.41) is 12.2. The highest BCUT2D eigenvalue weighted by molar-refractivity contribution is 5.46. The van der Waals surface area contributed by atoms with Crippen molar-refractivity contribution < 1.29 is 19.0 Å². The number of aliphatic hydroxyl groups is 1. The molecule has 0 aliphatic carbocycles. The molecule has 2 rings (SSSR count). The van der Waals surface area contributed by atoms with Crippen molar-refractivity contribution in [1.29, 1.82) is 0 Å². The minimum absolute atomic E-state index is 0.147. The van der Waals surface area contributed by atoms with Crippen LogP contribution in [0.3, 0.4) is 0 Å². The summed E-state index contributed by atoms with van der Waals surface area (Å²) in [7, 11) is 0. The summed E-state index contributed by atoms with van der Waals surface area (Å²) in [6.45, 7) is 4.24. The lowest BCUT2D eigenvalue weighted by atomic mass is 10.1. The van der Waals surface area contributed by atoms with Crippen molar-refractivity contribution in [3.8, 4) is 11.5 Å². The number of rotatable bonds is 11. The maximum Gasteiger partial charge on any atom is 0.166 e. The van der Waals surface area contributed by atoms with Gasteiger partial charge in [-0.15, -0.1) is 0 Å². The van der Waals surface area contributed by atoms with Crippen molar-refractivity contribution >= 4 is 0 Å². The average Bonchev–Trinajstić information content (AvgIpc) is 2.62. The van der Waals surface area contributed by atoms with Crippen LogP contribution < -0.4 is 14.8 Å². The normalized spacial score (nSPS) is 10.7. The molecule has 0 atom stereocenters. The molecule has 0 radical (unpaired) electrons. The van der Waals surface area contributed by atoms with E-state index in [-0.39, 0.29) is 19.0 Å². The number of ether oxygens (including phenoxy) is 2. The Morgan fingerprint density at radius 3 is 2.56 bits per heavy atom. The smallest absolute Gasteiger partial charge is 0.166 e. The van der Waals surface area contributed by atoms with Crippen LogP contribution in [0.25, 0.3) is 0 Å². The summed E-state index contributed by atoms with van der Waals surface area (Å²) in [5.41, 5.74) is 1.47. The van der Waals surface area contributed by atoms with Gasteiger partial charge in [0.15, 0.2) is 11.5 Å². The number of halogens is 1. The van der Waals surface area contributed by atoms with Crippen LogP contribution in [-0.4, -0.2) is 24.9 Å². The van der Waals surface area contributed by atoms with E-state index >= 15 is 0 Å². The van der Waals surface area contributed by atoms with Gasteiger partial charge < -0.3 is 19.9 Å². The molecule has 0 aromatic heterocycles. The Morgan fingerprint density at radius 2 is 1.80 bits per heavy atom. The van der Waals surface area contributed by atoms with E-state index in [1.165, 1.54) is 6.07 Å². The molecule has 0 fully saturated rings. The van der Waals surface area contributed by atoms with Crippen molar-refractivity contribution in [2.24, 2.45) is 0 Å². The molecule has 0 spiro atoms. The molecule has 0 aliphatic rings. The molecule has 136 valence electrons. The second kappa shape index (κ2) is 10.7. The molecular formula is C20H26FNO3. The number of hydrogen-bond acceptors (Lipinski definition) is 4. The van der Waals surface area contributed by atoms with Gasteiger partial charge in [0.1, 0.15) is 12.4 Å². The van der Waals surface area contributed by atoms with Crippen LogP contribution in [0, 0.1) is 5.82 Å². The Hall–Kier alpha value is -2.11. The van der Waals surface area contributed by atoms with Gasteiger partial charge in [0, 0.05) is 24.3 Å². The first-order valence-electron chi connectivity index (χ1n) is 8.68. The second-order valence-corrected chi connectivity index (χ2v) is 5.66. The van der Waals surface area contributed by atoms with Gasteiger partial charge in [-0.3, -0.25) is 0 Å². The fourth-order valence-corrected chi connectivity index (χ4v) is 2.48. The van der Waals surface area contributed by atoms with Crippen LogP contribution in [0.1, 0.15) is 30.9 Å². The maximum absolute atomic E-state index is 13.8. The summed E-state index contributed by atoms with van der Waals surface area (Å²) in [6.07, 6.45) is 1.69. The fourth-order valence-electron chi connectivity index (χ4n) is 2.48. The topological polar surface area (TPSA) is 50.7 Å². The first-order valence-corrected chi connectivity index (χ1v) is 8.68. The van der Waals surface area contributed by atoms with E-state index in [1.54, 1.807) is 18.2 Å². The largest absolute Gasteiger partial charge is 0.490 e. The summed E-state index contributed by atoms with van der Waals surface area (Å²) in [4.78, 5) is 0. The van der Waals surface area contributed by atoms with Crippen LogP contribution in [0.4, 0.5) is 4.39 Å². The van der Waals surface area contributed by atoms with Gasteiger partial charge in [-0.25, -0.2) is 4.39 Å². The summed E-state index contributed by atoms with van der Waals surface area (Å²) in [6, 6.07) is 12.3. The van der Waals surface area contributed by atoms with Crippen LogP contribution in [0.5, 0.6) is 11.5 Å². The first kappa shape index (κ1) is 19.2. The van der Waals surface area contributed by atoms with Gasteiger partial charge in [0.2, 0.25) is 0 Å². The molecule has 4 nitrogen and oxygen atoms in total. The van der Waals surface area contributed by atoms with Crippen LogP contribution in [0.15, 0.2) is 42.5 Å². The van der Waals surface area contributed by atoms with Crippen molar-refractivity contribution in [2.45, 2.75) is 32.9 Å². The van der Waals surface area contributed by atoms with Gasteiger partial charge in [-0.05, 0) is 38.4 Å². The Morgan fingerprint density at radius 1 is 1.00 bits per heavy atom. The Labute approximate surface area is 148 Å². The number of unbranched alkanes of at least 4 members (excludes halogenated alkanes) is 1. The van der Waals surface area contributed by atoms with Gasteiger partial charge in [-0.1, -0.05) is 30.3 Å². The summed E-state index contributed by atoms with van der Waals surface area (Å²) >= 11 is 0. The minimum atomic E-state index is -0.278. The molecule has 0 saturated heterocycles. The second-order valence-electron chi connectivity index (χ2n) is 5.66. The first-order chi connectivity index (χ1) is 12.3. The third-order valence-electron chi connectivity index (χ3n) is 3.77. The van der Waals surface area contributed by atoms with Gasteiger partial charge in [0.05, 0.1) is 6.61 Å². The predicted molar refractivity (Wildman–Crippen MR) is 96.4 cm³/mol. The number of aliphatic hydroxyl groups excluding tert-OH is 1. The highest BCUT2D eigenvalue weighted by Crippen LogP contribution is 2.32. The zero-order chi connectivity index (χ0) is 17.9. The molecule has 2 N–H and O–H groups in total. The summed E-state index contributed by atoms with van der Waals surface area (Å²) in [5.74, 6) is 1.02. The minimum Gasteiger partial charge on any atom is -0.490 e. The van der Waals surface area contributed by atoms with Gasteiger partial charge in [0.25, 0.3) is 0 Å². The number of nitrogens with one attached hydrogen (secondary N) is 1. The zero-order valence-corrected chi connectivity index (χ0v) is 14.6. The van der Waals surface area contributed by atoms with E-state index in [9.17, 15) is 4.39 Å². The Bertz CT molecular complexity index is 649. The van der Waals surface area contributed by atoms with Crippen LogP contribution in [0.2, 0.25) is 0 Å². The molecule has 25 heavy (non-hydrogen) atoms. The summed E-state index contributed by atoms with van der Waals surface area (Å²) < 4.78 is 25.4. The average molecular weight is 347 g/mol. The van der Waals surface area contributed by atoms with Crippen LogP contribution in [-0.2, 0) is 13.2 Å². The van der Waals surface area contributed by atoms with E-state index in [0.29, 0.717) is 30.2 Å². The van der Waals surface area contributed by atoms with Crippen molar-refractivity contribution in [3.63, 3.8) is 0 Å². The van der Waals surface area contributed by atoms with E-state index in [4.69, 9.17) is 14.6 Å². The van der Waals surface area contributed by atoms with Gasteiger partial charge in [-0.2, -0.15) is 0 Å². The molecule has 0 bridgehead atoms. The highest BCUT2D eigenvalue weighted by atomic mass is 19.1. The molecule has 0 saturated carbocycles. The quantitative estimate of drug-likeness (QED) is 0.609. The number of hydrogen-bond donors (Lipinski definition) is 2. The molecule has 0 unspecified atom stereocenters. The monoisotopic (exact) mass is 347 g/mol. The van der Waals surface area contributed by atoms with E-state index < -0.39 is 0 Å². The van der Waals surface area contributed by atoms with E-state index in [1.807, 2.05) is 25.1 Å². The Kier molecular flexibility index (Phi) is 8.22. The highest BCUT2D eigenvalue weighted by Gasteiger charge is 2.12. The van der Waals surface area contributed by atoms with E-state index in [2.05, 4.69) is 5.32 Å². The Balaban J connectivity index is 2.08. The predicted octanol–water partition coefficient (Wildman–Crippen LogP) is 3.67. The van der Waals surface area contributed by atoms with Crippen LogP contribution >= 0.6 is 0 Å². The molecular weight excluding hydrogens is 321 g/mol. The number of benzene rings is 2. The molecule has 2 aromatic carbocycles. The molecule has 5 heteroatoms. The van der Waals surface area contributed by atoms with Crippen molar-refractivity contribution in [2.75, 3.05) is 19.8 Å². The lowest BCUT2D eigenvalue weighted by Gasteiger charge is -2.16. The molecule has 0 amide bonds. The zero-order valence-electron chi connectivity index (χ0n) is 14.6.